The quantitative estimate of drug-likeness (QED) is 0.899. The predicted molar refractivity (Wildman–Crippen MR) is 96.6 cm³/mol. The highest BCUT2D eigenvalue weighted by Crippen LogP contribution is 2.36. The van der Waals surface area contributed by atoms with Crippen molar-refractivity contribution in [2.24, 2.45) is 5.92 Å². The fourth-order valence-corrected chi connectivity index (χ4v) is 3.91. The van der Waals surface area contributed by atoms with Gasteiger partial charge in [0.25, 0.3) is 0 Å². The van der Waals surface area contributed by atoms with Gasteiger partial charge in [0.1, 0.15) is 23.3 Å². The van der Waals surface area contributed by atoms with Gasteiger partial charge in [0, 0.05) is 31.1 Å². The van der Waals surface area contributed by atoms with Crippen molar-refractivity contribution in [3.63, 3.8) is 0 Å². The maximum absolute atomic E-state index is 13.5. The minimum atomic E-state index is -0.446. The zero-order chi connectivity index (χ0) is 18.1. The normalized spacial score (nSPS) is 25.1. The molecule has 1 saturated heterocycles. The molecule has 1 aromatic carbocycles. The van der Waals surface area contributed by atoms with E-state index >= 15 is 0 Å². The number of imidazole rings is 1. The molecule has 2 aliphatic heterocycles. The number of hydrogen-bond acceptors (Lipinski definition) is 4. The van der Waals surface area contributed by atoms with Crippen LogP contribution in [0.1, 0.15) is 44.2 Å². The molecule has 6 nitrogen and oxygen atoms in total. The van der Waals surface area contributed by atoms with Gasteiger partial charge in [0.15, 0.2) is 0 Å². The number of aromatic nitrogens is 2. The molecule has 1 amide bonds. The Labute approximate surface area is 153 Å². The summed E-state index contributed by atoms with van der Waals surface area (Å²) in [6, 6.07) is 7.95. The van der Waals surface area contributed by atoms with Gasteiger partial charge in [0.2, 0.25) is 5.91 Å². The highest BCUT2D eigenvalue weighted by atomic mass is 16.5. The molecule has 1 fully saturated rings. The first kappa shape index (κ1) is 17.1. The number of ether oxygens (including phenoxy) is 2. The Hall–Kier alpha value is -2.34. The fraction of sp³-hybridized carbons (Fsp3) is 0.500. The second kappa shape index (κ2) is 6.76. The van der Waals surface area contributed by atoms with Crippen LogP contribution in [0.4, 0.5) is 0 Å². The second-order valence-corrected chi connectivity index (χ2v) is 7.68. The summed E-state index contributed by atoms with van der Waals surface area (Å²) in [5.74, 6) is 1.47. The molecule has 26 heavy (non-hydrogen) atoms. The number of benzene rings is 1. The van der Waals surface area contributed by atoms with Gasteiger partial charge in [0.05, 0.1) is 12.5 Å². The van der Waals surface area contributed by atoms with Gasteiger partial charge in [-0.3, -0.25) is 4.79 Å². The van der Waals surface area contributed by atoms with Crippen LogP contribution in [0.15, 0.2) is 36.7 Å². The molecule has 4 rings (SSSR count). The van der Waals surface area contributed by atoms with E-state index in [1.54, 1.807) is 12.4 Å². The monoisotopic (exact) mass is 355 g/mol. The van der Waals surface area contributed by atoms with Gasteiger partial charge in [-0.05, 0) is 32.8 Å². The predicted octanol–water partition coefficient (Wildman–Crippen LogP) is 3.08. The molecule has 1 aromatic heterocycles. The number of hydrogen-bond donors (Lipinski definition) is 1. The van der Waals surface area contributed by atoms with Crippen molar-refractivity contribution in [3.8, 4) is 5.75 Å². The van der Waals surface area contributed by atoms with Gasteiger partial charge in [-0.2, -0.15) is 0 Å². The maximum Gasteiger partial charge on any atom is 0.229 e. The first-order valence-electron chi connectivity index (χ1n) is 9.20. The lowest BCUT2D eigenvalue weighted by Crippen LogP contribution is -2.47. The third kappa shape index (κ3) is 3.33. The van der Waals surface area contributed by atoms with Crippen molar-refractivity contribution in [3.05, 3.63) is 48.0 Å². The molecule has 138 valence electrons. The van der Waals surface area contributed by atoms with E-state index in [4.69, 9.17) is 9.47 Å². The van der Waals surface area contributed by atoms with E-state index in [0.717, 1.165) is 30.0 Å². The van der Waals surface area contributed by atoms with Crippen molar-refractivity contribution in [1.82, 2.24) is 14.9 Å². The number of carbonyl (C=O) groups excluding carboxylic acids is 1. The van der Waals surface area contributed by atoms with Crippen LogP contribution in [0, 0.1) is 5.92 Å². The van der Waals surface area contributed by atoms with Crippen molar-refractivity contribution >= 4 is 5.91 Å². The molecule has 0 radical (unpaired) electrons. The Morgan fingerprint density at radius 2 is 2.19 bits per heavy atom. The van der Waals surface area contributed by atoms with E-state index in [1.807, 2.05) is 43.0 Å². The second-order valence-electron chi connectivity index (χ2n) is 7.68. The molecule has 2 aliphatic rings. The first-order valence-corrected chi connectivity index (χ1v) is 9.20. The summed E-state index contributed by atoms with van der Waals surface area (Å²) in [7, 11) is 0. The van der Waals surface area contributed by atoms with Crippen molar-refractivity contribution in [1.29, 1.82) is 0 Å². The number of carbonyl (C=O) groups is 1. The Morgan fingerprint density at radius 1 is 1.35 bits per heavy atom. The van der Waals surface area contributed by atoms with E-state index < -0.39 is 5.60 Å². The minimum absolute atomic E-state index is 0.111. The Balaban J connectivity index is 1.62. The van der Waals surface area contributed by atoms with Crippen molar-refractivity contribution in [2.75, 3.05) is 13.2 Å². The van der Waals surface area contributed by atoms with E-state index in [9.17, 15) is 4.79 Å². The smallest absolute Gasteiger partial charge is 0.229 e. The molecule has 3 heterocycles. The van der Waals surface area contributed by atoms with Crippen LogP contribution in [0.25, 0.3) is 0 Å². The topological polar surface area (TPSA) is 67.5 Å². The van der Waals surface area contributed by atoms with Crippen LogP contribution in [0.5, 0.6) is 5.75 Å². The Kier molecular flexibility index (Phi) is 4.44. The van der Waals surface area contributed by atoms with Crippen LogP contribution in [-0.2, 0) is 16.1 Å². The Bertz CT molecular complexity index is 772. The molecular weight excluding hydrogens is 330 g/mol. The number of H-pyrrole nitrogens is 1. The molecule has 0 saturated carbocycles. The molecule has 2 atom stereocenters. The summed E-state index contributed by atoms with van der Waals surface area (Å²) in [4.78, 5) is 22.8. The summed E-state index contributed by atoms with van der Waals surface area (Å²) in [5.41, 5.74) is 0.593. The fourth-order valence-electron chi connectivity index (χ4n) is 3.91. The first-order chi connectivity index (χ1) is 12.5. The number of para-hydroxylation sites is 1. The van der Waals surface area contributed by atoms with Crippen molar-refractivity contribution < 1.29 is 14.3 Å². The third-order valence-electron chi connectivity index (χ3n) is 5.03. The van der Waals surface area contributed by atoms with Gasteiger partial charge in [-0.25, -0.2) is 4.98 Å². The highest BCUT2D eigenvalue weighted by molar-refractivity contribution is 5.80. The van der Waals surface area contributed by atoms with E-state index in [2.05, 4.69) is 9.97 Å². The van der Waals surface area contributed by atoms with E-state index in [1.165, 1.54) is 0 Å². The number of nitrogens with one attached hydrogen (secondary N) is 1. The van der Waals surface area contributed by atoms with E-state index in [-0.39, 0.29) is 17.9 Å². The number of amides is 1. The van der Waals surface area contributed by atoms with Crippen LogP contribution in [0.2, 0.25) is 0 Å². The lowest BCUT2D eigenvalue weighted by atomic mass is 9.91. The zero-order valence-corrected chi connectivity index (χ0v) is 15.3. The van der Waals surface area contributed by atoms with Crippen LogP contribution in [-0.4, -0.2) is 39.5 Å². The molecule has 6 heteroatoms. The van der Waals surface area contributed by atoms with Crippen LogP contribution < -0.4 is 4.74 Å². The summed E-state index contributed by atoms with van der Waals surface area (Å²) >= 11 is 0. The standard InChI is InChI=1S/C20H25N3O3/c1-20(2)13-23(12-14-6-3-4-8-16(14)26-20)19(24)15-7-5-11-25-17(15)18-21-9-10-22-18/h3-4,6,8-10,15,17H,5,7,11-13H2,1-2H3,(H,21,22)/t15-,17-/m1/s1. The lowest BCUT2D eigenvalue weighted by Gasteiger charge is -2.35. The molecule has 0 unspecified atom stereocenters. The largest absolute Gasteiger partial charge is 0.486 e. The molecule has 0 bridgehead atoms. The van der Waals surface area contributed by atoms with Gasteiger partial charge >= 0.3 is 0 Å². The van der Waals surface area contributed by atoms with E-state index in [0.29, 0.717) is 19.7 Å². The van der Waals surface area contributed by atoms with Crippen LogP contribution >= 0.6 is 0 Å². The highest BCUT2D eigenvalue weighted by Gasteiger charge is 2.40. The SMILES string of the molecule is CC1(C)CN(C(=O)[C@@H]2CCCO[C@H]2c2ncc[nH]2)Cc2ccccc2O1. The summed E-state index contributed by atoms with van der Waals surface area (Å²) < 4.78 is 12.1. The summed E-state index contributed by atoms with van der Waals surface area (Å²) in [6.45, 7) is 5.81. The summed E-state index contributed by atoms with van der Waals surface area (Å²) in [5, 5.41) is 0. The Morgan fingerprint density at radius 3 is 3.00 bits per heavy atom. The number of rotatable bonds is 2. The number of aromatic amines is 1. The number of fused-ring (bicyclic) bond motifs is 1. The van der Waals surface area contributed by atoms with Gasteiger partial charge in [-0.1, -0.05) is 18.2 Å². The summed E-state index contributed by atoms with van der Waals surface area (Å²) in [6.07, 6.45) is 4.86. The number of nitrogens with zero attached hydrogens (tertiary/aromatic N) is 2. The lowest BCUT2D eigenvalue weighted by molar-refractivity contribution is -0.148. The van der Waals surface area contributed by atoms with Gasteiger partial charge < -0.3 is 19.4 Å². The third-order valence-corrected chi connectivity index (χ3v) is 5.03. The average molecular weight is 355 g/mol. The maximum atomic E-state index is 13.5. The van der Waals surface area contributed by atoms with Gasteiger partial charge in [-0.15, -0.1) is 0 Å². The molecule has 0 spiro atoms. The zero-order valence-electron chi connectivity index (χ0n) is 15.3. The minimum Gasteiger partial charge on any atom is -0.486 e. The van der Waals surface area contributed by atoms with Crippen LogP contribution in [0.3, 0.4) is 0 Å². The average Bonchev–Trinajstić information content (AvgIpc) is 3.11. The van der Waals surface area contributed by atoms with Crippen molar-refractivity contribution in [2.45, 2.75) is 44.9 Å². The molecular formula is C20H25N3O3. The molecule has 1 N–H and O–H groups in total. The molecule has 2 aromatic rings. The molecule has 0 aliphatic carbocycles.